The SMILES string of the molecule is COC(=O)C(C)(C)NCc1ccccc1N. The Hall–Kier alpha value is -1.55. The number of anilines is 1. The van der Waals surface area contributed by atoms with Crippen molar-refractivity contribution >= 4 is 11.7 Å². The number of benzene rings is 1. The van der Waals surface area contributed by atoms with Gasteiger partial charge in [0.25, 0.3) is 0 Å². The Balaban J connectivity index is 2.65. The molecule has 88 valence electrons. The molecule has 16 heavy (non-hydrogen) atoms. The molecule has 0 aliphatic rings. The molecule has 0 saturated carbocycles. The van der Waals surface area contributed by atoms with Crippen molar-refractivity contribution in [1.29, 1.82) is 0 Å². The lowest BCUT2D eigenvalue weighted by Crippen LogP contribution is -2.47. The van der Waals surface area contributed by atoms with Crippen LogP contribution >= 0.6 is 0 Å². The van der Waals surface area contributed by atoms with Crippen LogP contribution in [0.5, 0.6) is 0 Å². The van der Waals surface area contributed by atoms with E-state index in [4.69, 9.17) is 10.5 Å². The van der Waals surface area contributed by atoms with Gasteiger partial charge in [-0.2, -0.15) is 0 Å². The first kappa shape index (κ1) is 12.5. The maximum atomic E-state index is 11.4. The van der Waals surface area contributed by atoms with Crippen LogP contribution in [0.15, 0.2) is 24.3 Å². The summed E-state index contributed by atoms with van der Waals surface area (Å²) in [5, 5.41) is 3.11. The summed E-state index contributed by atoms with van der Waals surface area (Å²) in [5.74, 6) is -0.290. The van der Waals surface area contributed by atoms with E-state index in [0.29, 0.717) is 6.54 Å². The van der Waals surface area contributed by atoms with Crippen molar-refractivity contribution in [3.05, 3.63) is 29.8 Å². The second kappa shape index (κ2) is 4.99. The summed E-state index contributed by atoms with van der Waals surface area (Å²) >= 11 is 0. The molecule has 4 nitrogen and oxygen atoms in total. The molecule has 1 aromatic rings. The molecule has 0 aliphatic heterocycles. The fraction of sp³-hybridized carbons (Fsp3) is 0.417. The van der Waals surface area contributed by atoms with Crippen molar-refractivity contribution in [2.75, 3.05) is 12.8 Å². The Morgan fingerprint density at radius 3 is 2.62 bits per heavy atom. The largest absolute Gasteiger partial charge is 0.468 e. The van der Waals surface area contributed by atoms with E-state index in [1.165, 1.54) is 7.11 Å². The standard InChI is InChI=1S/C12H18N2O2/c1-12(2,11(15)16-3)14-8-9-6-4-5-7-10(9)13/h4-7,14H,8,13H2,1-3H3. The summed E-state index contributed by atoms with van der Waals surface area (Å²) in [6, 6.07) is 7.56. The Kier molecular flexibility index (Phi) is 3.90. The number of methoxy groups -OCH3 is 1. The van der Waals surface area contributed by atoms with Crippen LogP contribution in [0.25, 0.3) is 0 Å². The van der Waals surface area contributed by atoms with E-state index in [9.17, 15) is 4.79 Å². The quantitative estimate of drug-likeness (QED) is 0.595. The van der Waals surface area contributed by atoms with Crippen LogP contribution in [0.1, 0.15) is 19.4 Å². The molecule has 0 aliphatic carbocycles. The normalized spacial score (nSPS) is 11.2. The predicted octanol–water partition coefficient (Wildman–Crippen LogP) is 1.31. The molecule has 0 amide bonds. The first-order valence-electron chi connectivity index (χ1n) is 5.14. The number of nitrogens with one attached hydrogen (secondary N) is 1. The molecule has 0 fully saturated rings. The highest BCUT2D eigenvalue weighted by Gasteiger charge is 2.27. The van der Waals surface area contributed by atoms with Gasteiger partial charge in [0.15, 0.2) is 0 Å². The van der Waals surface area contributed by atoms with Gasteiger partial charge in [-0.25, -0.2) is 0 Å². The lowest BCUT2D eigenvalue weighted by atomic mass is 10.1. The Morgan fingerprint density at radius 2 is 2.06 bits per heavy atom. The summed E-state index contributed by atoms with van der Waals surface area (Å²) in [4.78, 5) is 11.4. The van der Waals surface area contributed by atoms with Gasteiger partial charge in [-0.3, -0.25) is 10.1 Å². The molecule has 0 radical (unpaired) electrons. The molecule has 1 rings (SSSR count). The van der Waals surface area contributed by atoms with E-state index in [1.807, 2.05) is 24.3 Å². The van der Waals surface area contributed by atoms with Gasteiger partial charge in [0.2, 0.25) is 0 Å². The molecule has 0 saturated heterocycles. The number of rotatable bonds is 4. The minimum atomic E-state index is -0.711. The fourth-order valence-corrected chi connectivity index (χ4v) is 1.34. The van der Waals surface area contributed by atoms with Crippen LogP contribution in [0.3, 0.4) is 0 Å². The predicted molar refractivity (Wildman–Crippen MR) is 63.8 cm³/mol. The van der Waals surface area contributed by atoms with E-state index < -0.39 is 5.54 Å². The summed E-state index contributed by atoms with van der Waals surface area (Å²) in [6.45, 7) is 4.09. The lowest BCUT2D eigenvalue weighted by molar-refractivity contribution is -0.147. The van der Waals surface area contributed by atoms with Crippen LogP contribution in [0, 0.1) is 0 Å². The van der Waals surface area contributed by atoms with Crippen molar-refractivity contribution < 1.29 is 9.53 Å². The summed E-state index contributed by atoms with van der Waals surface area (Å²) in [6.07, 6.45) is 0. The zero-order valence-corrected chi connectivity index (χ0v) is 9.91. The molecule has 0 bridgehead atoms. The molecule has 0 aromatic heterocycles. The van der Waals surface area contributed by atoms with E-state index >= 15 is 0 Å². The number of carbonyl (C=O) groups excluding carboxylic acids is 1. The number of carbonyl (C=O) groups is 1. The molecule has 0 heterocycles. The van der Waals surface area contributed by atoms with Gasteiger partial charge in [-0.05, 0) is 25.5 Å². The maximum absolute atomic E-state index is 11.4. The second-order valence-electron chi connectivity index (χ2n) is 4.17. The van der Waals surface area contributed by atoms with Gasteiger partial charge in [-0.1, -0.05) is 18.2 Å². The maximum Gasteiger partial charge on any atom is 0.325 e. The van der Waals surface area contributed by atoms with Gasteiger partial charge in [0.1, 0.15) is 5.54 Å². The van der Waals surface area contributed by atoms with Gasteiger partial charge >= 0.3 is 5.97 Å². The van der Waals surface area contributed by atoms with Gasteiger partial charge in [0.05, 0.1) is 7.11 Å². The Labute approximate surface area is 95.8 Å². The van der Waals surface area contributed by atoms with E-state index in [0.717, 1.165) is 11.3 Å². The molecule has 1 aromatic carbocycles. The first-order chi connectivity index (χ1) is 7.47. The van der Waals surface area contributed by atoms with Gasteiger partial charge < -0.3 is 10.5 Å². The Morgan fingerprint density at radius 1 is 1.44 bits per heavy atom. The number of hydrogen-bond acceptors (Lipinski definition) is 4. The zero-order valence-electron chi connectivity index (χ0n) is 9.91. The van der Waals surface area contributed by atoms with Crippen molar-refractivity contribution in [2.24, 2.45) is 0 Å². The smallest absolute Gasteiger partial charge is 0.325 e. The second-order valence-corrected chi connectivity index (χ2v) is 4.17. The fourth-order valence-electron chi connectivity index (χ4n) is 1.34. The van der Waals surface area contributed by atoms with Crippen LogP contribution in [-0.2, 0) is 16.1 Å². The number of para-hydroxylation sites is 1. The van der Waals surface area contributed by atoms with Crippen LogP contribution in [0.4, 0.5) is 5.69 Å². The minimum Gasteiger partial charge on any atom is -0.468 e. The molecule has 3 N–H and O–H groups in total. The van der Waals surface area contributed by atoms with Crippen LogP contribution < -0.4 is 11.1 Å². The molecule has 0 atom stereocenters. The first-order valence-corrected chi connectivity index (χ1v) is 5.14. The number of esters is 1. The number of nitrogens with two attached hydrogens (primary N) is 1. The number of hydrogen-bond donors (Lipinski definition) is 2. The minimum absolute atomic E-state index is 0.290. The molecule has 0 unspecified atom stereocenters. The van der Waals surface area contributed by atoms with E-state index in [2.05, 4.69) is 5.32 Å². The molecule has 0 spiro atoms. The highest BCUT2D eigenvalue weighted by atomic mass is 16.5. The zero-order chi connectivity index (χ0) is 12.2. The van der Waals surface area contributed by atoms with Gasteiger partial charge in [0, 0.05) is 12.2 Å². The van der Waals surface area contributed by atoms with E-state index in [-0.39, 0.29) is 5.97 Å². The Bertz CT molecular complexity index is 375. The highest BCUT2D eigenvalue weighted by Crippen LogP contribution is 2.12. The molecule has 4 heteroatoms. The summed E-state index contributed by atoms with van der Waals surface area (Å²) in [5.41, 5.74) is 6.78. The third-order valence-electron chi connectivity index (χ3n) is 2.47. The summed E-state index contributed by atoms with van der Waals surface area (Å²) in [7, 11) is 1.38. The molecular weight excluding hydrogens is 204 g/mol. The van der Waals surface area contributed by atoms with Crippen molar-refractivity contribution in [2.45, 2.75) is 25.9 Å². The number of ether oxygens (including phenoxy) is 1. The van der Waals surface area contributed by atoms with Crippen LogP contribution in [-0.4, -0.2) is 18.6 Å². The van der Waals surface area contributed by atoms with Crippen LogP contribution in [0.2, 0.25) is 0 Å². The third kappa shape index (κ3) is 2.97. The van der Waals surface area contributed by atoms with Crippen molar-refractivity contribution in [3.8, 4) is 0 Å². The van der Waals surface area contributed by atoms with Gasteiger partial charge in [-0.15, -0.1) is 0 Å². The molecular formula is C12H18N2O2. The van der Waals surface area contributed by atoms with E-state index in [1.54, 1.807) is 13.8 Å². The average molecular weight is 222 g/mol. The summed E-state index contributed by atoms with van der Waals surface area (Å²) < 4.78 is 4.70. The highest BCUT2D eigenvalue weighted by molar-refractivity contribution is 5.79. The van der Waals surface area contributed by atoms with Crippen molar-refractivity contribution in [3.63, 3.8) is 0 Å². The third-order valence-corrected chi connectivity index (χ3v) is 2.47. The monoisotopic (exact) mass is 222 g/mol. The van der Waals surface area contributed by atoms with Crippen molar-refractivity contribution in [1.82, 2.24) is 5.32 Å². The number of nitrogen functional groups attached to an aromatic ring is 1. The topological polar surface area (TPSA) is 64.3 Å². The average Bonchev–Trinajstić information content (AvgIpc) is 2.27. The lowest BCUT2D eigenvalue weighted by Gasteiger charge is -2.23.